The summed E-state index contributed by atoms with van der Waals surface area (Å²) in [6.45, 7) is 4.74. The Morgan fingerprint density at radius 3 is 2.50 bits per heavy atom. The highest BCUT2D eigenvalue weighted by molar-refractivity contribution is 5.85. The Bertz CT molecular complexity index is 326. The van der Waals surface area contributed by atoms with Gasteiger partial charge in [-0.1, -0.05) is 19.3 Å². The Balaban J connectivity index is 0.00000220. The van der Waals surface area contributed by atoms with E-state index in [9.17, 15) is 4.79 Å². The lowest BCUT2D eigenvalue weighted by atomic mass is 9.78. The summed E-state index contributed by atoms with van der Waals surface area (Å²) in [5.74, 6) is 0.260. The Morgan fingerprint density at radius 2 is 1.86 bits per heavy atom. The molecule has 7 heteroatoms. The van der Waals surface area contributed by atoms with Crippen molar-refractivity contribution in [1.29, 1.82) is 0 Å². The molecule has 1 saturated heterocycles. The van der Waals surface area contributed by atoms with Crippen LogP contribution < -0.4 is 5.32 Å². The molecule has 1 spiro atoms. The molecule has 2 aliphatic rings. The fourth-order valence-electron chi connectivity index (χ4n) is 3.67. The zero-order chi connectivity index (χ0) is 14.4. The molecule has 0 aromatic heterocycles. The van der Waals surface area contributed by atoms with Crippen molar-refractivity contribution < 1.29 is 9.53 Å². The molecule has 5 nitrogen and oxygen atoms in total. The monoisotopic (exact) mass is 355 g/mol. The highest BCUT2D eigenvalue weighted by Gasteiger charge is 2.43. The van der Waals surface area contributed by atoms with Gasteiger partial charge in [0, 0.05) is 33.3 Å². The molecule has 132 valence electrons. The molecular formula is C15H31Cl2N3O2. The summed E-state index contributed by atoms with van der Waals surface area (Å²) in [5.41, 5.74) is 0.102. The molecule has 1 saturated carbocycles. The van der Waals surface area contributed by atoms with Crippen LogP contribution in [0.4, 0.5) is 0 Å². The second-order valence-electron chi connectivity index (χ2n) is 6.24. The molecule has 22 heavy (non-hydrogen) atoms. The van der Waals surface area contributed by atoms with Gasteiger partial charge in [0.1, 0.15) is 0 Å². The standard InChI is InChI=1S/C15H29N3O2.2ClH/c1-17-9-10-18(14(19)12-16-8-11-20-2)15(13-17)6-4-3-5-7-15;;/h16H,3-13H2,1-2H3;2*1H. The fourth-order valence-corrected chi connectivity index (χ4v) is 3.67. The predicted octanol–water partition coefficient (Wildman–Crippen LogP) is 1.54. The molecule has 1 amide bonds. The van der Waals surface area contributed by atoms with Crippen molar-refractivity contribution in [2.24, 2.45) is 0 Å². The lowest BCUT2D eigenvalue weighted by Crippen LogP contribution is -2.64. The van der Waals surface area contributed by atoms with Gasteiger partial charge in [0.25, 0.3) is 0 Å². The van der Waals surface area contributed by atoms with E-state index in [0.29, 0.717) is 13.2 Å². The van der Waals surface area contributed by atoms with E-state index < -0.39 is 0 Å². The first kappa shape index (κ1) is 21.9. The molecule has 0 unspecified atom stereocenters. The van der Waals surface area contributed by atoms with Gasteiger partial charge in [0.05, 0.1) is 18.7 Å². The summed E-state index contributed by atoms with van der Waals surface area (Å²) < 4.78 is 5.00. The zero-order valence-corrected chi connectivity index (χ0v) is 15.4. The summed E-state index contributed by atoms with van der Waals surface area (Å²) in [6.07, 6.45) is 6.17. The summed E-state index contributed by atoms with van der Waals surface area (Å²) in [4.78, 5) is 17.1. The molecule has 1 aliphatic heterocycles. The lowest BCUT2D eigenvalue weighted by molar-refractivity contribution is -0.143. The number of hydrogen-bond acceptors (Lipinski definition) is 4. The van der Waals surface area contributed by atoms with E-state index in [1.165, 1.54) is 32.1 Å². The van der Waals surface area contributed by atoms with Crippen molar-refractivity contribution in [3.63, 3.8) is 0 Å². The van der Waals surface area contributed by atoms with Crippen LogP contribution in [0.25, 0.3) is 0 Å². The van der Waals surface area contributed by atoms with E-state index in [1.807, 2.05) is 0 Å². The van der Waals surface area contributed by atoms with Crippen LogP contribution in [0.1, 0.15) is 32.1 Å². The molecule has 1 N–H and O–H groups in total. The van der Waals surface area contributed by atoms with Gasteiger partial charge in [0.2, 0.25) is 5.91 Å². The number of nitrogens with one attached hydrogen (secondary N) is 1. The van der Waals surface area contributed by atoms with Crippen LogP contribution in [0.3, 0.4) is 0 Å². The first-order valence-corrected chi connectivity index (χ1v) is 7.87. The van der Waals surface area contributed by atoms with Gasteiger partial charge >= 0.3 is 0 Å². The van der Waals surface area contributed by atoms with Gasteiger partial charge < -0.3 is 19.9 Å². The number of methoxy groups -OCH3 is 1. The zero-order valence-electron chi connectivity index (χ0n) is 13.8. The quantitative estimate of drug-likeness (QED) is 0.759. The second kappa shape index (κ2) is 10.7. The highest BCUT2D eigenvalue weighted by Crippen LogP contribution is 2.36. The number of piperazine rings is 1. The molecular weight excluding hydrogens is 325 g/mol. The normalized spacial score (nSPS) is 21.1. The van der Waals surface area contributed by atoms with Gasteiger partial charge in [-0.2, -0.15) is 0 Å². The number of hydrogen-bond donors (Lipinski definition) is 1. The van der Waals surface area contributed by atoms with Gasteiger partial charge in [-0.25, -0.2) is 0 Å². The Labute approximate surface area is 146 Å². The van der Waals surface area contributed by atoms with Crippen LogP contribution in [-0.2, 0) is 9.53 Å². The minimum atomic E-state index is 0. The van der Waals surface area contributed by atoms with E-state index in [1.54, 1.807) is 7.11 Å². The molecule has 1 heterocycles. The number of amides is 1. The van der Waals surface area contributed by atoms with Crippen molar-refractivity contribution in [3.8, 4) is 0 Å². The van der Waals surface area contributed by atoms with Crippen LogP contribution in [0.15, 0.2) is 0 Å². The Morgan fingerprint density at radius 1 is 1.18 bits per heavy atom. The second-order valence-corrected chi connectivity index (χ2v) is 6.24. The average Bonchev–Trinajstić information content (AvgIpc) is 2.44. The summed E-state index contributed by atoms with van der Waals surface area (Å²) >= 11 is 0. The third-order valence-corrected chi connectivity index (χ3v) is 4.69. The minimum Gasteiger partial charge on any atom is -0.383 e. The Hall–Kier alpha value is -0.0700. The van der Waals surface area contributed by atoms with Crippen molar-refractivity contribution in [2.75, 3.05) is 53.5 Å². The topological polar surface area (TPSA) is 44.8 Å². The smallest absolute Gasteiger partial charge is 0.237 e. The van der Waals surface area contributed by atoms with Crippen LogP contribution in [0, 0.1) is 0 Å². The number of likely N-dealkylation sites (N-methyl/N-ethyl adjacent to an activating group) is 1. The van der Waals surface area contributed by atoms with Crippen LogP contribution in [-0.4, -0.2) is 74.7 Å². The van der Waals surface area contributed by atoms with E-state index in [2.05, 4.69) is 22.2 Å². The maximum absolute atomic E-state index is 12.5. The third kappa shape index (κ3) is 5.53. The number of carbonyl (C=O) groups is 1. The molecule has 0 atom stereocenters. The summed E-state index contributed by atoms with van der Waals surface area (Å²) in [5, 5.41) is 3.19. The van der Waals surface area contributed by atoms with E-state index in [0.717, 1.165) is 26.2 Å². The molecule has 1 aliphatic carbocycles. The molecule has 0 aromatic carbocycles. The van der Waals surface area contributed by atoms with Crippen LogP contribution in [0.5, 0.6) is 0 Å². The first-order chi connectivity index (χ1) is 9.68. The molecule has 0 aromatic rings. The SMILES string of the molecule is COCCNCC(=O)N1CCN(C)CC12CCCCC2.Cl.Cl. The average molecular weight is 356 g/mol. The van der Waals surface area contributed by atoms with Crippen LogP contribution >= 0.6 is 24.8 Å². The summed E-state index contributed by atoms with van der Waals surface area (Å²) in [7, 11) is 3.86. The van der Waals surface area contributed by atoms with E-state index >= 15 is 0 Å². The van der Waals surface area contributed by atoms with Crippen molar-refractivity contribution >= 4 is 30.7 Å². The van der Waals surface area contributed by atoms with E-state index in [4.69, 9.17) is 4.74 Å². The third-order valence-electron chi connectivity index (χ3n) is 4.69. The largest absolute Gasteiger partial charge is 0.383 e. The molecule has 0 bridgehead atoms. The van der Waals surface area contributed by atoms with Crippen LogP contribution in [0.2, 0.25) is 0 Å². The predicted molar refractivity (Wildman–Crippen MR) is 94.3 cm³/mol. The van der Waals surface area contributed by atoms with E-state index in [-0.39, 0.29) is 36.3 Å². The maximum Gasteiger partial charge on any atom is 0.237 e. The Kier molecular flexibility index (Phi) is 10.6. The summed E-state index contributed by atoms with van der Waals surface area (Å²) in [6, 6.07) is 0. The fraction of sp³-hybridized carbons (Fsp3) is 0.933. The number of carbonyl (C=O) groups excluding carboxylic acids is 1. The molecule has 2 rings (SSSR count). The maximum atomic E-state index is 12.5. The highest BCUT2D eigenvalue weighted by atomic mass is 35.5. The van der Waals surface area contributed by atoms with Gasteiger partial charge in [-0.05, 0) is 19.9 Å². The number of nitrogens with zero attached hydrogens (tertiary/aromatic N) is 2. The van der Waals surface area contributed by atoms with Gasteiger partial charge in [0.15, 0.2) is 0 Å². The first-order valence-electron chi connectivity index (χ1n) is 7.87. The van der Waals surface area contributed by atoms with Crippen molar-refractivity contribution in [3.05, 3.63) is 0 Å². The lowest BCUT2D eigenvalue weighted by Gasteiger charge is -2.52. The number of halogens is 2. The van der Waals surface area contributed by atoms with Gasteiger partial charge in [-0.15, -0.1) is 24.8 Å². The number of rotatable bonds is 5. The van der Waals surface area contributed by atoms with Gasteiger partial charge in [-0.3, -0.25) is 4.79 Å². The molecule has 2 fully saturated rings. The minimum absolute atomic E-state index is 0. The van der Waals surface area contributed by atoms with Crippen molar-refractivity contribution in [2.45, 2.75) is 37.6 Å². The number of ether oxygens (including phenoxy) is 1. The van der Waals surface area contributed by atoms with Crippen molar-refractivity contribution in [1.82, 2.24) is 15.1 Å². The molecule has 0 radical (unpaired) electrons.